The Bertz CT molecular complexity index is 2050. The molecule has 0 N–H and O–H groups in total. The summed E-state index contributed by atoms with van der Waals surface area (Å²) in [4.78, 5) is 0. The molecule has 0 aromatic heterocycles. The van der Waals surface area contributed by atoms with Crippen LogP contribution in [0.1, 0.15) is 288 Å². The molecular formula is C76H124I2O4. The van der Waals surface area contributed by atoms with Crippen LogP contribution in [0.2, 0.25) is 0 Å². The third-order valence-electron chi connectivity index (χ3n) is 25.8. The van der Waals surface area contributed by atoms with Crippen LogP contribution < -0.4 is 9.47 Å². The van der Waals surface area contributed by atoms with E-state index in [1.165, 1.54) is 205 Å². The zero-order chi connectivity index (χ0) is 58.1. The lowest BCUT2D eigenvalue weighted by molar-refractivity contribution is -0.0641. The van der Waals surface area contributed by atoms with E-state index >= 15 is 0 Å². The molecule has 1 aromatic rings. The molecule has 9 rings (SSSR count). The summed E-state index contributed by atoms with van der Waals surface area (Å²) in [6.07, 6.45) is 51.9. The van der Waals surface area contributed by atoms with Gasteiger partial charge in [0.25, 0.3) is 0 Å². The summed E-state index contributed by atoms with van der Waals surface area (Å²) in [6, 6.07) is 4.36. The largest absolute Gasteiger partial charge is 0.492 e. The van der Waals surface area contributed by atoms with E-state index in [-0.39, 0.29) is 0 Å². The molecule has 466 valence electrons. The third kappa shape index (κ3) is 15.6. The van der Waals surface area contributed by atoms with Crippen LogP contribution in [-0.2, 0) is 9.47 Å². The fourth-order valence-electron chi connectivity index (χ4n) is 21.0. The minimum Gasteiger partial charge on any atom is -0.492 e. The molecule has 0 bridgehead atoms. The predicted molar refractivity (Wildman–Crippen MR) is 364 cm³/mol. The van der Waals surface area contributed by atoms with Gasteiger partial charge in [0.05, 0.1) is 32.6 Å². The second-order valence-corrected chi connectivity index (χ2v) is 34.0. The second kappa shape index (κ2) is 30.5. The van der Waals surface area contributed by atoms with Crippen molar-refractivity contribution in [2.45, 2.75) is 300 Å². The summed E-state index contributed by atoms with van der Waals surface area (Å²) in [5.41, 5.74) is 5.55. The number of hydrogen-bond donors (Lipinski definition) is 0. The summed E-state index contributed by atoms with van der Waals surface area (Å²) >= 11 is 4.86. The highest BCUT2D eigenvalue weighted by Gasteiger charge is 2.61. The first-order valence-electron chi connectivity index (χ1n) is 35.8. The Morgan fingerprint density at radius 2 is 0.805 bits per heavy atom. The first-order valence-corrected chi connectivity index (χ1v) is 38.0. The van der Waals surface area contributed by atoms with Gasteiger partial charge in [0.1, 0.15) is 11.5 Å². The van der Waals surface area contributed by atoms with Crippen molar-refractivity contribution in [3.63, 3.8) is 0 Å². The number of halogens is 2. The van der Waals surface area contributed by atoms with Crippen molar-refractivity contribution in [1.82, 2.24) is 0 Å². The van der Waals surface area contributed by atoms with Crippen LogP contribution in [0.5, 0.6) is 11.5 Å². The lowest BCUT2D eigenvalue weighted by Gasteiger charge is -2.58. The van der Waals surface area contributed by atoms with E-state index in [1.54, 1.807) is 11.1 Å². The van der Waals surface area contributed by atoms with Crippen LogP contribution in [0.15, 0.2) is 35.4 Å². The predicted octanol–water partition coefficient (Wildman–Crippen LogP) is 23.2. The first kappa shape index (κ1) is 66.1. The number of ether oxygens (including phenoxy) is 4. The van der Waals surface area contributed by atoms with E-state index in [2.05, 4.69) is 139 Å². The highest BCUT2D eigenvalue weighted by molar-refractivity contribution is 14.1. The average molecular weight is 1360 g/mol. The molecule has 6 saturated carbocycles. The van der Waals surface area contributed by atoms with E-state index in [9.17, 15) is 0 Å². The molecule has 0 saturated heterocycles. The molecule has 8 aliphatic carbocycles. The molecule has 0 radical (unpaired) electrons. The van der Waals surface area contributed by atoms with E-state index in [4.69, 9.17) is 18.9 Å². The van der Waals surface area contributed by atoms with Gasteiger partial charge in [-0.3, -0.25) is 0 Å². The van der Waals surface area contributed by atoms with Crippen LogP contribution in [0.25, 0.3) is 0 Å². The Morgan fingerprint density at radius 1 is 0.427 bits per heavy atom. The van der Waals surface area contributed by atoms with Gasteiger partial charge < -0.3 is 18.9 Å². The molecule has 16 atom stereocenters. The molecule has 0 heterocycles. The zero-order valence-electron chi connectivity index (χ0n) is 54.7. The van der Waals surface area contributed by atoms with Crippen molar-refractivity contribution in [3.8, 4) is 11.5 Å². The number of unbranched alkanes of at least 4 members (excludes halogenated alkanes) is 10. The average Bonchev–Trinajstić information content (AvgIpc) is 1.78. The van der Waals surface area contributed by atoms with Gasteiger partial charge in [-0.15, -0.1) is 0 Å². The van der Waals surface area contributed by atoms with Crippen molar-refractivity contribution >= 4 is 45.2 Å². The van der Waals surface area contributed by atoms with E-state index < -0.39 is 0 Å². The summed E-state index contributed by atoms with van der Waals surface area (Å²) in [5.74, 6) is 12.9. The van der Waals surface area contributed by atoms with Gasteiger partial charge in [-0.25, -0.2) is 0 Å². The highest BCUT2D eigenvalue weighted by Crippen LogP contribution is 2.69. The molecular weight excluding hydrogens is 1230 g/mol. The van der Waals surface area contributed by atoms with Crippen molar-refractivity contribution in [1.29, 1.82) is 0 Å². The SMILES string of the molecule is CC(C)CCC[C@@H](C)[C@H]1CC[C@H]2[C@@H]3CC=C4C[C@@H](OCCCCCCCCOc5cc(I)c(OCCCCCCCCO[C@H]6CC[C@@]7(C)C(=CC[C@H]8[C@@H]9CC[C@H]([C@H](C)CCCC(C)C)[C@@]9(C)CC[C@@H]87)C6)cc5I)CC[C@]4(C)[C@H]3CC[C@]12C. The summed E-state index contributed by atoms with van der Waals surface area (Å²) < 4.78 is 28.2. The van der Waals surface area contributed by atoms with E-state index in [0.29, 0.717) is 33.9 Å². The quantitative estimate of drug-likeness (QED) is 0.0409. The number of hydrogen-bond acceptors (Lipinski definition) is 4. The highest BCUT2D eigenvalue weighted by atomic mass is 127. The molecule has 6 fully saturated rings. The lowest BCUT2D eigenvalue weighted by Crippen LogP contribution is -2.51. The van der Waals surface area contributed by atoms with E-state index in [1.807, 2.05) is 0 Å². The van der Waals surface area contributed by atoms with Gasteiger partial charge in [-0.1, -0.05) is 182 Å². The van der Waals surface area contributed by atoms with E-state index in [0.717, 1.165) is 129 Å². The van der Waals surface area contributed by atoms with Crippen molar-refractivity contribution in [2.75, 3.05) is 26.4 Å². The van der Waals surface area contributed by atoms with Gasteiger partial charge >= 0.3 is 0 Å². The summed E-state index contributed by atoms with van der Waals surface area (Å²) in [5, 5.41) is 0. The van der Waals surface area contributed by atoms with Crippen molar-refractivity contribution in [2.24, 2.45) is 92.7 Å². The Balaban J connectivity index is 0.570. The molecule has 1 aromatic carbocycles. The van der Waals surface area contributed by atoms with Gasteiger partial charge in [0.15, 0.2) is 0 Å². The maximum absolute atomic E-state index is 6.64. The van der Waals surface area contributed by atoms with Gasteiger partial charge in [0, 0.05) is 13.2 Å². The molecule has 0 spiro atoms. The van der Waals surface area contributed by atoms with Crippen LogP contribution in [0, 0.1) is 99.8 Å². The summed E-state index contributed by atoms with van der Waals surface area (Å²) in [7, 11) is 0. The number of rotatable bonds is 32. The summed E-state index contributed by atoms with van der Waals surface area (Å²) in [6.45, 7) is 29.1. The fourth-order valence-corrected chi connectivity index (χ4v) is 22.2. The normalized spacial score (nSPS) is 35.7. The molecule has 4 nitrogen and oxygen atoms in total. The molecule has 8 aliphatic rings. The Hall–Kier alpha value is -0.320. The van der Waals surface area contributed by atoms with Crippen LogP contribution in [0.3, 0.4) is 0 Å². The third-order valence-corrected chi connectivity index (χ3v) is 27.5. The second-order valence-electron chi connectivity index (χ2n) is 31.7. The number of fused-ring (bicyclic) bond motifs is 10. The molecule has 0 unspecified atom stereocenters. The lowest BCUT2D eigenvalue weighted by atomic mass is 9.47. The minimum atomic E-state index is 0.418. The Morgan fingerprint density at radius 3 is 1.20 bits per heavy atom. The number of benzene rings is 1. The van der Waals surface area contributed by atoms with Crippen LogP contribution >= 0.6 is 45.2 Å². The Kier molecular flexibility index (Phi) is 24.6. The monoisotopic (exact) mass is 1350 g/mol. The van der Waals surface area contributed by atoms with Gasteiger partial charge in [-0.2, -0.15) is 0 Å². The fraction of sp³-hybridized carbons (Fsp3) is 0.868. The minimum absolute atomic E-state index is 0.418. The van der Waals surface area contributed by atoms with Crippen molar-refractivity contribution < 1.29 is 18.9 Å². The first-order chi connectivity index (χ1) is 39.4. The molecule has 0 aliphatic heterocycles. The Labute approximate surface area is 533 Å². The van der Waals surface area contributed by atoms with Gasteiger partial charge in [0.2, 0.25) is 0 Å². The maximum atomic E-state index is 6.64. The zero-order valence-corrected chi connectivity index (χ0v) is 59.0. The van der Waals surface area contributed by atoms with Crippen LogP contribution in [-0.4, -0.2) is 38.6 Å². The molecule has 6 heteroatoms. The smallest absolute Gasteiger partial charge is 0.133 e. The van der Waals surface area contributed by atoms with Crippen LogP contribution in [0.4, 0.5) is 0 Å². The standard InChI is InChI=1S/C76H124I2O4/c1-53(2)25-23-27-55(5)63-33-35-65-61-31-29-57-49-59(37-41-73(57,7)67(61)39-43-75(63,65)9)79-45-19-15-11-13-17-21-47-81-71-51-70(78)72(52-69(71)77)82-48-22-18-14-12-16-20-46-80-60-38-42-74(8)58(50-60)30-32-62-66-36-34-64(56(6)28-24-26-54(3)4)76(66,10)44-40-68(62)74/h29-30,51-56,59-68H,11-28,31-50H2,1-10H3/t55-,56-,59+,60+,61+,62+,63-,64-,65+,66+,67+,68+,73+,74+,75-,76-/m1/s1. The van der Waals surface area contributed by atoms with Crippen molar-refractivity contribution in [3.05, 3.63) is 42.6 Å². The topological polar surface area (TPSA) is 36.9 Å². The number of allylic oxidation sites excluding steroid dienone is 2. The van der Waals surface area contributed by atoms with Gasteiger partial charge in [-0.05, 0) is 278 Å². The maximum Gasteiger partial charge on any atom is 0.133 e. The molecule has 82 heavy (non-hydrogen) atoms. The molecule has 0 amide bonds.